The molecule has 0 saturated carbocycles. The van der Waals surface area contributed by atoms with E-state index in [4.69, 9.17) is 5.11 Å². The Hall–Kier alpha value is -3.46. The molecule has 5 nitrogen and oxygen atoms in total. The van der Waals surface area contributed by atoms with Crippen LogP contribution in [0.2, 0.25) is 0 Å². The number of aromatic nitrogens is 1. The van der Waals surface area contributed by atoms with Gasteiger partial charge in [0.2, 0.25) is 0 Å². The summed E-state index contributed by atoms with van der Waals surface area (Å²) in [5.74, 6) is -4.10. The first-order valence-electron chi connectivity index (χ1n) is 11.0. The van der Waals surface area contributed by atoms with Crippen molar-refractivity contribution in [3.05, 3.63) is 75.4 Å². The fraction of sp³-hybridized carbons (Fsp3) is 0.269. The van der Waals surface area contributed by atoms with Gasteiger partial charge in [0.15, 0.2) is 5.13 Å². The number of benzene rings is 2. The lowest BCUT2D eigenvalue weighted by Gasteiger charge is -2.08. The molecule has 0 radical (unpaired) electrons. The average molecular weight is 503 g/mol. The number of carbonyl (C=O) groups excluding carboxylic acids is 1. The lowest BCUT2D eigenvalue weighted by molar-refractivity contribution is -0.132. The molecular formula is C26H25F3N2O3S. The highest BCUT2D eigenvalue weighted by Gasteiger charge is 2.18. The minimum atomic E-state index is -1.32. The summed E-state index contributed by atoms with van der Waals surface area (Å²) >= 11 is 1.05. The summed E-state index contributed by atoms with van der Waals surface area (Å²) in [4.78, 5) is 27.7. The van der Waals surface area contributed by atoms with E-state index in [0.717, 1.165) is 42.4 Å². The number of thiazole rings is 1. The van der Waals surface area contributed by atoms with Crippen LogP contribution in [-0.2, 0) is 11.2 Å². The van der Waals surface area contributed by atoms with E-state index in [1.807, 2.05) is 0 Å². The Morgan fingerprint density at radius 3 is 2.49 bits per heavy atom. The molecule has 0 unspecified atom stereocenters. The van der Waals surface area contributed by atoms with E-state index in [0.29, 0.717) is 29.2 Å². The first-order chi connectivity index (χ1) is 16.6. The van der Waals surface area contributed by atoms with Crippen LogP contribution >= 0.6 is 11.3 Å². The minimum absolute atomic E-state index is 0.140. The predicted octanol–water partition coefficient (Wildman–Crippen LogP) is 6.95. The summed E-state index contributed by atoms with van der Waals surface area (Å²) in [6.45, 7) is 5.44. The van der Waals surface area contributed by atoms with Crippen LogP contribution in [-0.4, -0.2) is 22.0 Å². The third-order valence-corrected chi connectivity index (χ3v) is 6.10. The maximum atomic E-state index is 15.0. The van der Waals surface area contributed by atoms with Gasteiger partial charge in [0.1, 0.15) is 17.5 Å². The van der Waals surface area contributed by atoms with E-state index in [-0.39, 0.29) is 22.1 Å². The summed E-state index contributed by atoms with van der Waals surface area (Å²) in [5.41, 5.74) is 0.134. The average Bonchev–Trinajstić information content (AvgIpc) is 3.24. The fourth-order valence-electron chi connectivity index (χ4n) is 3.43. The van der Waals surface area contributed by atoms with Crippen LogP contribution in [0.1, 0.15) is 55.1 Å². The summed E-state index contributed by atoms with van der Waals surface area (Å²) in [7, 11) is 0. The number of rotatable bonds is 9. The van der Waals surface area contributed by atoms with Gasteiger partial charge in [-0.15, -0.1) is 11.3 Å². The van der Waals surface area contributed by atoms with Gasteiger partial charge >= 0.3 is 5.97 Å². The van der Waals surface area contributed by atoms with Gasteiger partial charge in [0, 0.05) is 27.6 Å². The predicted molar refractivity (Wildman–Crippen MR) is 131 cm³/mol. The van der Waals surface area contributed by atoms with Gasteiger partial charge in [0.05, 0.1) is 5.69 Å². The van der Waals surface area contributed by atoms with Gasteiger partial charge in [-0.05, 0) is 55.5 Å². The van der Waals surface area contributed by atoms with Crippen LogP contribution < -0.4 is 5.32 Å². The molecule has 0 aliphatic heterocycles. The molecule has 0 spiro atoms. The van der Waals surface area contributed by atoms with Crippen molar-refractivity contribution in [2.75, 3.05) is 5.32 Å². The summed E-state index contributed by atoms with van der Waals surface area (Å²) < 4.78 is 43.8. The standard InChI is InChI=1S/C26H25F3N2O3S/c1-14(2)6-4-7-16-8-5-9-18(23(16)29)22-13-35-26(30-22)31-24(32)17-11-20(27)19(21(28)12-17)10-15(3)25(33)34/h5,8-14H,4,6-7H2,1-3H3,(H,33,34)(H,30,31,32)/b15-10+. The molecule has 1 amide bonds. The lowest BCUT2D eigenvalue weighted by Crippen LogP contribution is -2.13. The highest BCUT2D eigenvalue weighted by atomic mass is 32.1. The molecule has 3 aromatic rings. The molecule has 0 fully saturated rings. The minimum Gasteiger partial charge on any atom is -0.478 e. The maximum absolute atomic E-state index is 15.0. The number of nitrogens with one attached hydrogen (secondary N) is 1. The Morgan fingerprint density at radius 2 is 1.86 bits per heavy atom. The number of hydrogen-bond acceptors (Lipinski definition) is 4. The molecule has 2 N–H and O–H groups in total. The van der Waals surface area contributed by atoms with Crippen LogP contribution in [0.4, 0.5) is 18.3 Å². The first-order valence-corrected chi connectivity index (χ1v) is 11.9. The SMILES string of the molecule is C/C(=C\c1c(F)cc(C(=O)Nc2nc(-c3cccc(CCCC(C)C)c3F)cs2)cc1F)C(=O)O. The molecule has 0 atom stereocenters. The van der Waals surface area contributed by atoms with Crippen molar-refractivity contribution in [3.8, 4) is 11.3 Å². The van der Waals surface area contributed by atoms with Crippen LogP contribution in [0.15, 0.2) is 41.3 Å². The second-order valence-electron chi connectivity index (χ2n) is 8.54. The van der Waals surface area contributed by atoms with Crippen molar-refractivity contribution >= 4 is 34.4 Å². The van der Waals surface area contributed by atoms with E-state index in [2.05, 4.69) is 24.1 Å². The number of carboxylic acid groups (broad SMARTS) is 1. The monoisotopic (exact) mass is 502 g/mol. The molecule has 9 heteroatoms. The Bertz CT molecular complexity index is 1260. The van der Waals surface area contributed by atoms with Crippen molar-refractivity contribution in [3.63, 3.8) is 0 Å². The van der Waals surface area contributed by atoms with Gasteiger partial charge in [0.25, 0.3) is 5.91 Å². The molecule has 35 heavy (non-hydrogen) atoms. The number of aliphatic carboxylic acids is 1. The second-order valence-corrected chi connectivity index (χ2v) is 9.40. The van der Waals surface area contributed by atoms with Gasteiger partial charge in [-0.3, -0.25) is 10.1 Å². The van der Waals surface area contributed by atoms with E-state index in [1.54, 1.807) is 23.6 Å². The molecule has 0 aliphatic carbocycles. The molecule has 0 saturated heterocycles. The fourth-order valence-corrected chi connectivity index (χ4v) is 4.13. The lowest BCUT2D eigenvalue weighted by atomic mass is 10.00. The summed E-state index contributed by atoms with van der Waals surface area (Å²) in [5, 5.41) is 13.1. The normalized spacial score (nSPS) is 11.7. The molecule has 184 valence electrons. The molecule has 2 aromatic carbocycles. The van der Waals surface area contributed by atoms with Crippen molar-refractivity contribution in [1.82, 2.24) is 4.98 Å². The number of nitrogens with zero attached hydrogens (tertiary/aromatic N) is 1. The Balaban J connectivity index is 1.77. The molecular weight excluding hydrogens is 477 g/mol. The largest absolute Gasteiger partial charge is 0.478 e. The van der Waals surface area contributed by atoms with Crippen LogP contribution in [0.5, 0.6) is 0 Å². The number of halogens is 3. The number of anilines is 1. The van der Waals surface area contributed by atoms with Crippen LogP contribution in [0.25, 0.3) is 17.3 Å². The van der Waals surface area contributed by atoms with Crippen molar-refractivity contribution in [2.24, 2.45) is 5.92 Å². The molecule has 1 heterocycles. The molecule has 1 aromatic heterocycles. The van der Waals surface area contributed by atoms with Crippen molar-refractivity contribution in [1.29, 1.82) is 0 Å². The van der Waals surface area contributed by atoms with Crippen molar-refractivity contribution < 1.29 is 27.9 Å². The first kappa shape index (κ1) is 26.2. The summed E-state index contributed by atoms with van der Waals surface area (Å²) in [6, 6.07) is 6.74. The maximum Gasteiger partial charge on any atom is 0.331 e. The Morgan fingerprint density at radius 1 is 1.17 bits per heavy atom. The third-order valence-electron chi connectivity index (χ3n) is 5.35. The van der Waals surface area contributed by atoms with Gasteiger partial charge < -0.3 is 5.11 Å². The van der Waals surface area contributed by atoms with E-state index in [9.17, 15) is 18.4 Å². The van der Waals surface area contributed by atoms with E-state index >= 15 is 4.39 Å². The Labute approximate surface area is 205 Å². The second kappa shape index (κ2) is 11.3. The molecule has 0 bridgehead atoms. The zero-order chi connectivity index (χ0) is 25.7. The zero-order valence-electron chi connectivity index (χ0n) is 19.5. The highest BCUT2D eigenvalue weighted by molar-refractivity contribution is 7.14. The van der Waals surface area contributed by atoms with Gasteiger partial charge in [-0.25, -0.2) is 22.9 Å². The van der Waals surface area contributed by atoms with Gasteiger partial charge in [-0.1, -0.05) is 32.4 Å². The highest BCUT2D eigenvalue weighted by Crippen LogP contribution is 2.30. The quantitative estimate of drug-likeness (QED) is 0.311. The zero-order valence-corrected chi connectivity index (χ0v) is 20.3. The van der Waals surface area contributed by atoms with Crippen molar-refractivity contribution in [2.45, 2.75) is 40.0 Å². The number of carbonyl (C=O) groups is 2. The molecule has 3 rings (SSSR count). The third kappa shape index (κ3) is 6.57. The Kier molecular flexibility index (Phi) is 8.45. The van der Waals surface area contributed by atoms with E-state index in [1.165, 1.54) is 6.92 Å². The van der Waals surface area contributed by atoms with Gasteiger partial charge in [-0.2, -0.15) is 0 Å². The smallest absolute Gasteiger partial charge is 0.331 e. The topological polar surface area (TPSA) is 79.3 Å². The number of carboxylic acids is 1. The van der Waals surface area contributed by atoms with Crippen LogP contribution in [0, 0.1) is 23.4 Å². The number of aryl methyl sites for hydroxylation is 1. The number of amides is 1. The number of hydrogen-bond donors (Lipinski definition) is 2. The molecule has 0 aliphatic rings. The van der Waals surface area contributed by atoms with E-state index < -0.39 is 29.1 Å². The summed E-state index contributed by atoms with van der Waals surface area (Å²) in [6.07, 6.45) is 3.33. The van der Waals surface area contributed by atoms with Crippen LogP contribution in [0.3, 0.4) is 0 Å².